The van der Waals surface area contributed by atoms with Crippen LogP contribution >= 0.6 is 11.8 Å². The summed E-state index contributed by atoms with van der Waals surface area (Å²) in [5, 5.41) is 12.3. The molecule has 1 N–H and O–H groups in total. The standard InChI is InChI=1S/C21H19F2N3O4S/c1-11(18(27)25-15-5-3-4-6-17(15)30-21(22)23)29-20(28)13-9-16(12-7-8-12)26-19(31-2)14(13)10-24/h3-6,9,11-12,21H,7-8H2,1-2H3,(H,25,27). The smallest absolute Gasteiger partial charge is 0.387 e. The number of ether oxygens (including phenoxy) is 2. The van der Waals surface area contributed by atoms with Gasteiger partial charge in [-0.3, -0.25) is 4.79 Å². The van der Waals surface area contributed by atoms with Crippen molar-refractivity contribution in [1.29, 1.82) is 5.26 Å². The molecule has 1 heterocycles. The highest BCUT2D eigenvalue weighted by Crippen LogP contribution is 2.40. The molecule has 7 nitrogen and oxygen atoms in total. The van der Waals surface area contributed by atoms with Crippen LogP contribution in [0.2, 0.25) is 0 Å². The Balaban J connectivity index is 1.76. The van der Waals surface area contributed by atoms with Crippen molar-refractivity contribution < 1.29 is 27.8 Å². The quantitative estimate of drug-likeness (QED) is 0.474. The van der Waals surface area contributed by atoms with Crippen LogP contribution in [0.3, 0.4) is 0 Å². The summed E-state index contributed by atoms with van der Waals surface area (Å²) in [5.74, 6) is -1.55. The Morgan fingerprint density at radius 2 is 2.03 bits per heavy atom. The predicted octanol–water partition coefficient (Wildman–Crippen LogP) is 4.34. The lowest BCUT2D eigenvalue weighted by molar-refractivity contribution is -0.123. The van der Waals surface area contributed by atoms with Gasteiger partial charge >= 0.3 is 12.6 Å². The number of thioether (sulfide) groups is 1. The number of anilines is 1. The number of benzene rings is 1. The SMILES string of the molecule is CSc1nc(C2CC2)cc(C(=O)OC(C)C(=O)Nc2ccccc2OC(F)F)c1C#N. The van der Waals surface area contributed by atoms with Crippen molar-refractivity contribution in [3.8, 4) is 11.8 Å². The van der Waals surface area contributed by atoms with E-state index in [4.69, 9.17) is 4.74 Å². The molecule has 0 radical (unpaired) electrons. The number of rotatable bonds is 8. The predicted molar refractivity (Wildman–Crippen MR) is 109 cm³/mol. The van der Waals surface area contributed by atoms with Crippen molar-refractivity contribution in [2.45, 2.75) is 43.4 Å². The average Bonchev–Trinajstić information content (AvgIpc) is 3.59. The molecule has 0 saturated heterocycles. The molecule has 1 aromatic carbocycles. The highest BCUT2D eigenvalue weighted by molar-refractivity contribution is 7.98. The van der Waals surface area contributed by atoms with Gasteiger partial charge in [-0.05, 0) is 44.2 Å². The van der Waals surface area contributed by atoms with Gasteiger partial charge in [0.25, 0.3) is 5.91 Å². The fourth-order valence-corrected chi connectivity index (χ4v) is 3.38. The monoisotopic (exact) mass is 447 g/mol. The summed E-state index contributed by atoms with van der Waals surface area (Å²) in [6.45, 7) is -1.72. The summed E-state index contributed by atoms with van der Waals surface area (Å²) in [7, 11) is 0. The molecule has 162 valence electrons. The topological polar surface area (TPSA) is 101 Å². The van der Waals surface area contributed by atoms with Gasteiger partial charge in [0.15, 0.2) is 6.10 Å². The molecule has 1 unspecified atom stereocenters. The van der Waals surface area contributed by atoms with Crippen LogP contribution in [0.1, 0.15) is 47.3 Å². The molecule has 1 aliphatic carbocycles. The minimum absolute atomic E-state index is 0.0120. The van der Waals surface area contributed by atoms with Crippen LogP contribution in [-0.2, 0) is 9.53 Å². The second-order valence-corrected chi connectivity index (χ2v) is 7.57. The molecule has 1 fully saturated rings. The first-order chi connectivity index (χ1) is 14.8. The molecule has 0 spiro atoms. The minimum atomic E-state index is -3.06. The number of nitrogens with zero attached hydrogens (tertiary/aromatic N) is 2. The maximum atomic E-state index is 12.8. The number of pyridine rings is 1. The molecule has 3 rings (SSSR count). The van der Waals surface area contributed by atoms with Crippen molar-refractivity contribution >= 4 is 29.3 Å². The number of nitrogens with one attached hydrogen (secondary N) is 1. The number of alkyl halides is 2. The number of esters is 1. The summed E-state index contributed by atoms with van der Waals surface area (Å²) in [5.41, 5.74) is 0.860. The number of carbonyl (C=O) groups is 2. The molecular formula is C21H19F2N3O4S. The van der Waals surface area contributed by atoms with Crippen LogP contribution in [0.5, 0.6) is 5.75 Å². The van der Waals surface area contributed by atoms with Gasteiger partial charge in [-0.2, -0.15) is 14.0 Å². The normalized spacial score (nSPS) is 13.9. The molecule has 1 amide bonds. The third-order valence-corrected chi connectivity index (χ3v) is 5.22. The molecule has 1 saturated carbocycles. The Morgan fingerprint density at radius 1 is 1.32 bits per heavy atom. The lowest BCUT2D eigenvalue weighted by atomic mass is 10.1. The summed E-state index contributed by atoms with van der Waals surface area (Å²) in [6.07, 6.45) is 2.42. The van der Waals surface area contributed by atoms with E-state index in [2.05, 4.69) is 15.0 Å². The molecule has 1 aromatic heterocycles. The third-order valence-electron chi connectivity index (χ3n) is 4.54. The molecule has 0 aliphatic heterocycles. The molecule has 31 heavy (non-hydrogen) atoms. The van der Waals surface area contributed by atoms with Gasteiger partial charge in [-0.25, -0.2) is 9.78 Å². The number of hydrogen-bond donors (Lipinski definition) is 1. The minimum Gasteiger partial charge on any atom is -0.449 e. The number of hydrogen-bond acceptors (Lipinski definition) is 7. The van der Waals surface area contributed by atoms with Gasteiger partial charge in [0.05, 0.1) is 16.8 Å². The van der Waals surface area contributed by atoms with Gasteiger partial charge in [-0.15, -0.1) is 11.8 Å². The second kappa shape index (κ2) is 9.75. The first kappa shape index (κ1) is 22.5. The Labute approximate surface area is 181 Å². The molecule has 1 aliphatic rings. The lowest BCUT2D eigenvalue weighted by Crippen LogP contribution is -2.30. The summed E-state index contributed by atoms with van der Waals surface area (Å²) in [6, 6.07) is 9.18. The van der Waals surface area contributed by atoms with Crippen LogP contribution in [0, 0.1) is 11.3 Å². The van der Waals surface area contributed by atoms with Gasteiger partial charge in [0, 0.05) is 11.6 Å². The van der Waals surface area contributed by atoms with Crippen LogP contribution in [0.15, 0.2) is 35.4 Å². The van der Waals surface area contributed by atoms with Crippen LogP contribution in [0.4, 0.5) is 14.5 Å². The number of amides is 1. The number of para-hydroxylation sites is 2. The molecule has 1 atom stereocenters. The van der Waals surface area contributed by atoms with Crippen molar-refractivity contribution in [1.82, 2.24) is 4.98 Å². The van der Waals surface area contributed by atoms with Gasteiger partial charge < -0.3 is 14.8 Å². The van der Waals surface area contributed by atoms with E-state index in [0.717, 1.165) is 12.8 Å². The number of nitriles is 1. The Hall–Kier alpha value is -3.19. The molecule has 2 aromatic rings. The van der Waals surface area contributed by atoms with Gasteiger partial charge in [0.1, 0.15) is 16.8 Å². The van der Waals surface area contributed by atoms with E-state index in [0.29, 0.717) is 10.7 Å². The number of carbonyl (C=O) groups excluding carboxylic acids is 2. The van der Waals surface area contributed by atoms with E-state index in [1.54, 1.807) is 6.26 Å². The van der Waals surface area contributed by atoms with E-state index >= 15 is 0 Å². The maximum Gasteiger partial charge on any atom is 0.387 e. The Kier molecular flexibility index (Phi) is 7.07. The summed E-state index contributed by atoms with van der Waals surface area (Å²) < 4.78 is 34.7. The van der Waals surface area contributed by atoms with Gasteiger partial charge in [0.2, 0.25) is 0 Å². The van der Waals surface area contributed by atoms with Crippen LogP contribution in [0.25, 0.3) is 0 Å². The first-order valence-corrected chi connectivity index (χ1v) is 10.6. The first-order valence-electron chi connectivity index (χ1n) is 9.38. The van der Waals surface area contributed by atoms with E-state index in [9.17, 15) is 23.6 Å². The highest BCUT2D eigenvalue weighted by atomic mass is 32.2. The lowest BCUT2D eigenvalue weighted by Gasteiger charge is -2.16. The van der Waals surface area contributed by atoms with Crippen molar-refractivity contribution in [3.63, 3.8) is 0 Å². The fourth-order valence-electron chi connectivity index (χ4n) is 2.83. The average molecular weight is 447 g/mol. The summed E-state index contributed by atoms with van der Waals surface area (Å²) >= 11 is 1.25. The second-order valence-electron chi connectivity index (χ2n) is 6.78. The third kappa shape index (κ3) is 5.49. The number of halogens is 2. The van der Waals surface area contributed by atoms with Crippen molar-refractivity contribution in [2.24, 2.45) is 0 Å². The van der Waals surface area contributed by atoms with E-state index in [1.165, 1.54) is 49.0 Å². The molecule has 0 bridgehead atoms. The maximum absolute atomic E-state index is 12.8. The van der Waals surface area contributed by atoms with E-state index in [1.807, 2.05) is 6.07 Å². The molecule has 10 heteroatoms. The van der Waals surface area contributed by atoms with Crippen LogP contribution in [-0.4, -0.2) is 35.8 Å². The fraction of sp³-hybridized carbons (Fsp3) is 0.333. The van der Waals surface area contributed by atoms with Gasteiger partial charge in [-0.1, -0.05) is 12.1 Å². The highest BCUT2D eigenvalue weighted by Gasteiger charge is 2.30. The zero-order valence-corrected chi connectivity index (χ0v) is 17.5. The Morgan fingerprint density at radius 3 is 2.65 bits per heavy atom. The van der Waals surface area contributed by atoms with Crippen molar-refractivity contribution in [2.75, 3.05) is 11.6 Å². The van der Waals surface area contributed by atoms with E-state index < -0.39 is 24.6 Å². The van der Waals surface area contributed by atoms with E-state index in [-0.39, 0.29) is 28.5 Å². The van der Waals surface area contributed by atoms with Crippen LogP contribution < -0.4 is 10.1 Å². The Bertz CT molecular complexity index is 1040. The zero-order chi connectivity index (χ0) is 22.5. The zero-order valence-electron chi connectivity index (χ0n) is 16.7. The largest absolute Gasteiger partial charge is 0.449 e. The number of aromatic nitrogens is 1. The molecular weight excluding hydrogens is 428 g/mol. The van der Waals surface area contributed by atoms with Crippen molar-refractivity contribution in [3.05, 3.63) is 47.2 Å². The summed E-state index contributed by atoms with van der Waals surface area (Å²) in [4.78, 5) is 29.7.